The van der Waals surface area contributed by atoms with E-state index in [1.807, 2.05) is 0 Å². The van der Waals surface area contributed by atoms with Crippen molar-refractivity contribution < 1.29 is 18.3 Å². The summed E-state index contributed by atoms with van der Waals surface area (Å²) in [7, 11) is -2.05. The number of methoxy groups -OCH3 is 1. The number of anilines is 3. The molecule has 0 aromatic carbocycles. The minimum Gasteiger partial charge on any atom is -0.481 e. The van der Waals surface area contributed by atoms with Gasteiger partial charge in [0.1, 0.15) is 5.82 Å². The molecule has 3 saturated heterocycles. The van der Waals surface area contributed by atoms with Crippen LogP contribution in [0.4, 0.5) is 17.6 Å². The van der Waals surface area contributed by atoms with Crippen molar-refractivity contribution >= 4 is 27.8 Å². The predicted octanol–water partition coefficient (Wildman–Crippen LogP) is 0.942. The molecular formula is C21H29N9O4S. The summed E-state index contributed by atoms with van der Waals surface area (Å²) in [6, 6.07) is 5.27. The van der Waals surface area contributed by atoms with Crippen LogP contribution in [0.5, 0.6) is 5.88 Å². The minimum absolute atomic E-state index is 0.00586. The minimum atomic E-state index is -3.58. The average molecular weight is 504 g/mol. The second kappa shape index (κ2) is 9.57. The molecule has 2 bridgehead atoms. The van der Waals surface area contributed by atoms with Crippen molar-refractivity contribution in [2.24, 2.45) is 5.92 Å². The average Bonchev–Trinajstić information content (AvgIpc) is 3.25. The van der Waals surface area contributed by atoms with E-state index >= 15 is 0 Å². The van der Waals surface area contributed by atoms with E-state index in [4.69, 9.17) is 10.00 Å². The van der Waals surface area contributed by atoms with Crippen LogP contribution in [-0.2, 0) is 16.8 Å². The van der Waals surface area contributed by atoms with Gasteiger partial charge in [-0.3, -0.25) is 5.10 Å². The first-order valence-electron chi connectivity index (χ1n) is 11.7. The molecule has 4 N–H and O–H groups in total. The van der Waals surface area contributed by atoms with Crippen molar-refractivity contribution in [2.75, 3.05) is 30.8 Å². The Hall–Kier alpha value is -2.99. The van der Waals surface area contributed by atoms with E-state index in [9.17, 15) is 13.5 Å². The largest absolute Gasteiger partial charge is 0.481 e. The van der Waals surface area contributed by atoms with Crippen LogP contribution < -0.4 is 15.4 Å². The maximum absolute atomic E-state index is 13.3. The monoisotopic (exact) mass is 503 g/mol. The summed E-state index contributed by atoms with van der Waals surface area (Å²) < 4.78 is 35.0. The van der Waals surface area contributed by atoms with Crippen LogP contribution >= 0.6 is 0 Å². The standard InChI is InChI=1S/C21H29N9O4S/c1-34-20-8-18(24-19-7-15(12-31)27-28-19)25-21(26-20)23-14-5-16-3-2-4-17(6-14)30(16)35(32,33)29-10-13(9-22)11-29/h7-8,13-14,16-17,31H,2-6,10-12H2,1H3,(H3,23,24,25,26,27,28). The molecule has 0 aliphatic carbocycles. The molecule has 14 heteroatoms. The van der Waals surface area contributed by atoms with Gasteiger partial charge in [0.05, 0.1) is 31.4 Å². The van der Waals surface area contributed by atoms with E-state index < -0.39 is 10.2 Å². The Balaban J connectivity index is 1.29. The Bertz CT molecular complexity index is 1190. The number of H-pyrrole nitrogens is 1. The summed E-state index contributed by atoms with van der Waals surface area (Å²) in [5.41, 5.74) is 0.571. The number of aromatic nitrogens is 4. The third-order valence-corrected chi connectivity index (χ3v) is 8.91. The zero-order chi connectivity index (χ0) is 24.6. The quantitative estimate of drug-likeness (QED) is 0.406. The first-order valence-corrected chi connectivity index (χ1v) is 13.1. The first kappa shape index (κ1) is 23.7. The lowest BCUT2D eigenvalue weighted by Gasteiger charge is -2.50. The van der Waals surface area contributed by atoms with Crippen LogP contribution in [0, 0.1) is 17.2 Å². The van der Waals surface area contributed by atoms with Crippen LogP contribution in [0.2, 0.25) is 0 Å². The lowest BCUT2D eigenvalue weighted by atomic mass is 9.84. The number of nitriles is 1. The fourth-order valence-electron chi connectivity index (χ4n) is 5.15. The van der Waals surface area contributed by atoms with E-state index in [0.29, 0.717) is 42.0 Å². The highest BCUT2D eigenvalue weighted by molar-refractivity contribution is 7.86. The molecule has 2 unspecified atom stereocenters. The molecule has 5 heterocycles. The van der Waals surface area contributed by atoms with Gasteiger partial charge in [-0.1, -0.05) is 6.42 Å². The zero-order valence-corrected chi connectivity index (χ0v) is 20.2. The number of ether oxygens (including phenoxy) is 1. The number of piperidine rings is 2. The SMILES string of the molecule is COc1cc(Nc2cc(CO)[nH]n2)nc(NC2CC3CCCC(C2)N3S(=O)(=O)N2CC(C#N)C2)n1. The second-order valence-electron chi connectivity index (χ2n) is 9.21. The van der Waals surface area contributed by atoms with Crippen LogP contribution in [0.15, 0.2) is 12.1 Å². The van der Waals surface area contributed by atoms with Gasteiger partial charge >= 0.3 is 0 Å². The predicted molar refractivity (Wildman–Crippen MR) is 126 cm³/mol. The number of hydrogen-bond acceptors (Lipinski definition) is 10. The maximum Gasteiger partial charge on any atom is 0.282 e. The Labute approximate surface area is 203 Å². The van der Waals surface area contributed by atoms with Crippen molar-refractivity contribution in [2.45, 2.75) is 56.8 Å². The van der Waals surface area contributed by atoms with Crippen molar-refractivity contribution in [3.05, 3.63) is 17.8 Å². The molecule has 2 aromatic heterocycles. The summed E-state index contributed by atoms with van der Waals surface area (Å²) in [5.74, 6) is 1.50. The molecule has 3 aliphatic rings. The molecule has 35 heavy (non-hydrogen) atoms. The lowest BCUT2D eigenvalue weighted by Crippen LogP contribution is -2.63. The van der Waals surface area contributed by atoms with Crippen molar-refractivity contribution in [1.82, 2.24) is 28.8 Å². The molecule has 5 rings (SSSR count). The maximum atomic E-state index is 13.3. The van der Waals surface area contributed by atoms with Crippen molar-refractivity contribution in [3.63, 3.8) is 0 Å². The van der Waals surface area contributed by atoms with Crippen molar-refractivity contribution in [1.29, 1.82) is 5.26 Å². The number of aliphatic hydroxyl groups excluding tert-OH is 1. The highest BCUT2D eigenvalue weighted by Gasteiger charge is 2.49. The summed E-state index contributed by atoms with van der Waals surface area (Å²) in [4.78, 5) is 8.95. The molecule has 188 valence electrons. The van der Waals surface area contributed by atoms with Gasteiger partial charge in [-0.15, -0.1) is 0 Å². The van der Waals surface area contributed by atoms with E-state index in [2.05, 4.69) is 36.9 Å². The van der Waals surface area contributed by atoms with Crippen LogP contribution in [0.3, 0.4) is 0 Å². The van der Waals surface area contributed by atoms with Gasteiger partial charge in [-0.05, 0) is 25.7 Å². The van der Waals surface area contributed by atoms with Crippen LogP contribution in [0.1, 0.15) is 37.8 Å². The third-order valence-electron chi connectivity index (χ3n) is 6.83. The molecule has 0 radical (unpaired) electrons. The number of aromatic amines is 1. The van der Waals surface area contributed by atoms with Gasteiger partial charge in [-0.2, -0.15) is 37.4 Å². The molecule has 3 aliphatic heterocycles. The first-order chi connectivity index (χ1) is 16.9. The lowest BCUT2D eigenvalue weighted by molar-refractivity contribution is 0.0983. The second-order valence-corrected chi connectivity index (χ2v) is 11.0. The molecule has 0 spiro atoms. The smallest absolute Gasteiger partial charge is 0.282 e. The zero-order valence-electron chi connectivity index (χ0n) is 19.4. The molecular weight excluding hydrogens is 474 g/mol. The molecule has 2 atom stereocenters. The molecule has 0 saturated carbocycles. The Morgan fingerprint density at radius 2 is 1.97 bits per heavy atom. The number of rotatable bonds is 8. The molecule has 0 amide bonds. The van der Waals surface area contributed by atoms with Gasteiger partial charge in [0.15, 0.2) is 5.82 Å². The van der Waals surface area contributed by atoms with Gasteiger partial charge in [0.2, 0.25) is 11.8 Å². The Morgan fingerprint density at radius 3 is 2.60 bits per heavy atom. The molecule has 13 nitrogen and oxygen atoms in total. The number of aliphatic hydroxyl groups is 1. The van der Waals surface area contributed by atoms with Crippen LogP contribution in [-0.4, -0.2) is 80.6 Å². The fraction of sp³-hybridized carbons (Fsp3) is 0.619. The molecule has 2 aromatic rings. The highest BCUT2D eigenvalue weighted by atomic mass is 32.2. The number of hydrogen-bond donors (Lipinski definition) is 4. The summed E-state index contributed by atoms with van der Waals surface area (Å²) in [6.07, 6.45) is 3.91. The topological polar surface area (TPSA) is 172 Å². The van der Waals surface area contributed by atoms with Gasteiger partial charge in [0, 0.05) is 43.3 Å². The normalized spacial score (nSPS) is 25.5. The van der Waals surface area contributed by atoms with Gasteiger partial charge < -0.3 is 20.5 Å². The van der Waals surface area contributed by atoms with Crippen molar-refractivity contribution in [3.8, 4) is 11.9 Å². The van der Waals surface area contributed by atoms with Gasteiger partial charge in [0.25, 0.3) is 10.2 Å². The number of nitrogens with zero attached hydrogens (tertiary/aromatic N) is 6. The summed E-state index contributed by atoms with van der Waals surface area (Å²) in [5, 5.41) is 31.5. The number of fused-ring (bicyclic) bond motifs is 2. The fourth-order valence-corrected chi connectivity index (χ4v) is 7.29. The van der Waals surface area contributed by atoms with Crippen LogP contribution in [0.25, 0.3) is 0 Å². The molecule has 3 fully saturated rings. The van der Waals surface area contributed by atoms with E-state index in [1.165, 1.54) is 11.4 Å². The highest BCUT2D eigenvalue weighted by Crippen LogP contribution is 2.39. The van der Waals surface area contributed by atoms with E-state index in [1.54, 1.807) is 16.4 Å². The van der Waals surface area contributed by atoms with E-state index in [-0.39, 0.29) is 43.7 Å². The number of nitrogens with one attached hydrogen (secondary N) is 3. The Kier molecular flexibility index (Phi) is 6.49. The summed E-state index contributed by atoms with van der Waals surface area (Å²) in [6.45, 7) is 0.404. The van der Waals surface area contributed by atoms with E-state index in [0.717, 1.165) is 19.3 Å². The van der Waals surface area contributed by atoms with Gasteiger partial charge in [-0.25, -0.2) is 0 Å². The summed E-state index contributed by atoms with van der Waals surface area (Å²) >= 11 is 0. The third kappa shape index (κ3) is 4.76. The Morgan fingerprint density at radius 1 is 1.23 bits per heavy atom.